The minimum atomic E-state index is -0.806. The van der Waals surface area contributed by atoms with Gasteiger partial charge in [0.2, 0.25) is 0 Å². The molecule has 2 atom stereocenters. The average molecular weight is 417 g/mol. The van der Waals surface area contributed by atoms with Gasteiger partial charge in [-0.25, -0.2) is 9.18 Å². The molecular weight excluding hydrogens is 391 g/mol. The topological polar surface area (TPSA) is 107 Å². The number of nitrogens with zero attached hydrogens (tertiary/aromatic N) is 3. The first-order valence-corrected chi connectivity index (χ1v) is 10.2. The Morgan fingerprint density at radius 2 is 1.93 bits per heavy atom. The van der Waals surface area contributed by atoms with Crippen molar-refractivity contribution in [1.29, 1.82) is 0 Å². The first-order valence-electron chi connectivity index (χ1n) is 10.2. The zero-order valence-corrected chi connectivity index (χ0v) is 17.4. The van der Waals surface area contributed by atoms with Gasteiger partial charge in [0.1, 0.15) is 17.5 Å². The van der Waals surface area contributed by atoms with Gasteiger partial charge in [0.05, 0.1) is 16.9 Å². The van der Waals surface area contributed by atoms with Crippen molar-refractivity contribution < 1.29 is 23.5 Å². The van der Waals surface area contributed by atoms with Crippen LogP contribution in [0.25, 0.3) is 0 Å². The van der Waals surface area contributed by atoms with E-state index in [9.17, 15) is 18.8 Å². The number of nitrogens with two attached hydrogens (primary N) is 1. The van der Waals surface area contributed by atoms with Crippen LogP contribution in [0.5, 0.6) is 0 Å². The van der Waals surface area contributed by atoms with Crippen LogP contribution < -0.4 is 20.9 Å². The van der Waals surface area contributed by atoms with Crippen LogP contribution in [0, 0.1) is 11.7 Å². The number of carbonyl (C=O) groups is 3. The number of ether oxygens (including phenoxy) is 1. The molecule has 1 aromatic rings. The maximum absolute atomic E-state index is 14.9. The molecule has 2 heterocycles. The molecule has 30 heavy (non-hydrogen) atoms. The number of esters is 1. The van der Waals surface area contributed by atoms with Gasteiger partial charge >= 0.3 is 12.0 Å². The highest BCUT2D eigenvalue weighted by Crippen LogP contribution is 2.40. The lowest BCUT2D eigenvalue weighted by Crippen LogP contribution is -2.45. The fraction of sp³-hybridized carbons (Fsp3) is 0.571. The lowest BCUT2D eigenvalue weighted by atomic mass is 9.99. The molecule has 3 amide bonds. The Morgan fingerprint density at radius 1 is 1.23 bits per heavy atom. The van der Waals surface area contributed by atoms with Crippen molar-refractivity contribution in [3.8, 4) is 0 Å². The summed E-state index contributed by atoms with van der Waals surface area (Å²) in [4.78, 5) is 40.0. The van der Waals surface area contributed by atoms with Gasteiger partial charge in [-0.05, 0) is 52.2 Å². The first kappa shape index (κ1) is 20.6. The standard InChI is InChI=1S/C21H26FN4O4/c1-21(2,3)30-19(28)17(23)11-6-7-25(10-11)16-9-15-13(8-14(16)22)18(27)24-20(29)26(15)12-4-5-12/h8-9,11-12,17H,4-7,10,23H2,1-3H3. The number of rotatable bonds is 4. The first-order chi connectivity index (χ1) is 14.0. The molecule has 9 heteroatoms. The van der Waals surface area contributed by atoms with E-state index in [4.69, 9.17) is 10.5 Å². The monoisotopic (exact) mass is 417 g/mol. The molecule has 2 unspecified atom stereocenters. The normalized spacial score (nSPS) is 22.6. The second-order valence-corrected chi connectivity index (χ2v) is 9.18. The Hall–Kier alpha value is -2.68. The van der Waals surface area contributed by atoms with E-state index in [0.29, 0.717) is 30.9 Å². The number of hydrogen-bond donors (Lipinski definition) is 1. The highest BCUT2D eigenvalue weighted by molar-refractivity contribution is 6.17. The number of benzene rings is 1. The third-order valence-corrected chi connectivity index (χ3v) is 5.62. The molecule has 0 bridgehead atoms. The molecule has 8 nitrogen and oxygen atoms in total. The van der Waals surface area contributed by atoms with Gasteiger partial charge in [0.15, 0.2) is 0 Å². The average Bonchev–Trinajstić information content (AvgIpc) is 3.35. The molecule has 2 aliphatic heterocycles. The van der Waals surface area contributed by atoms with E-state index in [1.165, 1.54) is 4.90 Å². The van der Waals surface area contributed by atoms with Crippen LogP contribution in [0.3, 0.4) is 0 Å². The van der Waals surface area contributed by atoms with E-state index in [1.54, 1.807) is 31.7 Å². The highest BCUT2D eigenvalue weighted by Gasteiger charge is 2.42. The SMILES string of the molecule is CC(C)(C)OC(=O)C(N)C1CCN(c2cc3c(cc2F)C(=O)[N]C(=O)N3C2CC2)C1. The van der Waals surface area contributed by atoms with Crippen molar-refractivity contribution >= 4 is 29.3 Å². The van der Waals surface area contributed by atoms with E-state index in [2.05, 4.69) is 5.32 Å². The number of amides is 3. The molecule has 161 valence electrons. The van der Waals surface area contributed by atoms with Crippen LogP contribution in [-0.4, -0.2) is 48.7 Å². The Morgan fingerprint density at radius 3 is 2.57 bits per heavy atom. The number of carbonyl (C=O) groups excluding carboxylic acids is 3. The fourth-order valence-electron chi connectivity index (χ4n) is 4.01. The molecule has 1 radical (unpaired) electrons. The Kier molecular flexibility index (Phi) is 4.96. The van der Waals surface area contributed by atoms with Gasteiger partial charge in [-0.15, -0.1) is 0 Å². The Labute approximate surface area is 174 Å². The molecule has 0 aromatic heterocycles. The molecule has 1 aromatic carbocycles. The van der Waals surface area contributed by atoms with E-state index in [1.807, 2.05) is 0 Å². The summed E-state index contributed by atoms with van der Waals surface area (Å²) in [5.74, 6) is -1.94. The lowest BCUT2D eigenvalue weighted by Gasteiger charge is -2.30. The van der Waals surface area contributed by atoms with E-state index in [0.717, 1.165) is 18.9 Å². The molecule has 1 aliphatic carbocycles. The number of imide groups is 1. The van der Waals surface area contributed by atoms with Gasteiger partial charge in [0.25, 0.3) is 5.91 Å². The molecule has 4 rings (SSSR count). The van der Waals surface area contributed by atoms with Gasteiger partial charge in [-0.3, -0.25) is 14.5 Å². The largest absolute Gasteiger partial charge is 0.459 e. The molecule has 2 N–H and O–H groups in total. The van der Waals surface area contributed by atoms with E-state index >= 15 is 0 Å². The van der Waals surface area contributed by atoms with Gasteiger partial charge in [-0.2, -0.15) is 5.32 Å². The minimum Gasteiger partial charge on any atom is -0.459 e. The molecular formula is C21H26FN4O4. The van der Waals surface area contributed by atoms with Crippen molar-refractivity contribution in [2.75, 3.05) is 22.9 Å². The van der Waals surface area contributed by atoms with Crippen molar-refractivity contribution in [2.24, 2.45) is 11.7 Å². The van der Waals surface area contributed by atoms with Crippen LogP contribution in [0.4, 0.5) is 20.6 Å². The smallest absolute Gasteiger partial charge is 0.351 e. The lowest BCUT2D eigenvalue weighted by molar-refractivity contribution is -0.157. The molecule has 1 saturated heterocycles. The van der Waals surface area contributed by atoms with Gasteiger partial charge in [-0.1, -0.05) is 0 Å². The number of hydrogen-bond acceptors (Lipinski definition) is 6. The van der Waals surface area contributed by atoms with Crippen molar-refractivity contribution in [1.82, 2.24) is 5.32 Å². The highest BCUT2D eigenvalue weighted by atomic mass is 19.1. The van der Waals surface area contributed by atoms with Gasteiger partial charge in [0, 0.05) is 25.0 Å². The zero-order chi connectivity index (χ0) is 21.8. The molecule has 3 aliphatic rings. The predicted octanol–water partition coefficient (Wildman–Crippen LogP) is 2.17. The third kappa shape index (κ3) is 3.86. The van der Waals surface area contributed by atoms with Crippen molar-refractivity contribution in [2.45, 2.75) is 57.7 Å². The maximum atomic E-state index is 14.9. The summed E-state index contributed by atoms with van der Waals surface area (Å²) in [5, 5.41) is 3.52. The van der Waals surface area contributed by atoms with Crippen LogP contribution in [0.15, 0.2) is 12.1 Å². The summed E-state index contributed by atoms with van der Waals surface area (Å²) in [5.41, 5.74) is 6.28. The Balaban J connectivity index is 1.56. The van der Waals surface area contributed by atoms with Crippen molar-refractivity contribution in [3.63, 3.8) is 0 Å². The zero-order valence-electron chi connectivity index (χ0n) is 17.4. The summed E-state index contributed by atoms with van der Waals surface area (Å²) in [7, 11) is 0. The summed E-state index contributed by atoms with van der Waals surface area (Å²) < 4.78 is 20.3. The predicted molar refractivity (Wildman–Crippen MR) is 108 cm³/mol. The van der Waals surface area contributed by atoms with Crippen LogP contribution in [0.1, 0.15) is 50.4 Å². The molecule has 2 fully saturated rings. The van der Waals surface area contributed by atoms with E-state index in [-0.39, 0.29) is 17.5 Å². The number of anilines is 2. The number of fused-ring (bicyclic) bond motifs is 1. The third-order valence-electron chi connectivity index (χ3n) is 5.62. The second-order valence-electron chi connectivity index (χ2n) is 9.18. The summed E-state index contributed by atoms with van der Waals surface area (Å²) in [6, 6.07) is 1.30. The summed E-state index contributed by atoms with van der Waals surface area (Å²) in [6.07, 6.45) is 2.27. The Bertz CT molecular complexity index is 909. The van der Waals surface area contributed by atoms with Crippen LogP contribution in [-0.2, 0) is 9.53 Å². The van der Waals surface area contributed by atoms with Crippen molar-refractivity contribution in [3.05, 3.63) is 23.5 Å². The number of urea groups is 1. The van der Waals surface area contributed by atoms with Crippen LogP contribution in [0.2, 0.25) is 0 Å². The number of halogens is 1. The minimum absolute atomic E-state index is 0.00155. The maximum Gasteiger partial charge on any atom is 0.351 e. The summed E-state index contributed by atoms with van der Waals surface area (Å²) in [6.45, 7) is 6.23. The van der Waals surface area contributed by atoms with Crippen LogP contribution >= 0.6 is 0 Å². The van der Waals surface area contributed by atoms with Gasteiger partial charge < -0.3 is 15.4 Å². The second kappa shape index (κ2) is 7.23. The summed E-state index contributed by atoms with van der Waals surface area (Å²) >= 11 is 0. The quantitative estimate of drug-likeness (QED) is 0.753. The molecule has 1 saturated carbocycles. The molecule has 0 spiro atoms. The fourth-order valence-corrected chi connectivity index (χ4v) is 4.01. The van der Waals surface area contributed by atoms with E-state index < -0.39 is 35.4 Å².